The first-order chi connectivity index (χ1) is 8.36. The maximum atomic E-state index is 10.0. The van der Waals surface area contributed by atoms with Crippen LogP contribution in [-0.4, -0.2) is 12.6 Å². The molecule has 0 saturated heterocycles. The number of aldehydes is 2. The van der Waals surface area contributed by atoms with E-state index in [2.05, 4.69) is 0 Å². The second kappa shape index (κ2) is 7.99. The second-order valence-electron chi connectivity index (χ2n) is 3.38. The Morgan fingerprint density at radius 2 is 1.29 bits per heavy atom. The van der Waals surface area contributed by atoms with Crippen molar-refractivity contribution in [1.82, 2.24) is 0 Å². The molecule has 2 nitrogen and oxygen atoms in total. The number of rotatable bonds is 3. The first kappa shape index (κ1) is 12.8. The molecule has 0 spiro atoms. The lowest BCUT2D eigenvalue weighted by Crippen LogP contribution is -1.82. The molecule has 2 rings (SSSR count). The Kier molecular flexibility index (Phi) is 6.04. The number of carbonyl (C=O) groups excluding carboxylic acids is 2. The summed E-state index contributed by atoms with van der Waals surface area (Å²) in [6.07, 6.45) is 2.27. The zero-order valence-electron chi connectivity index (χ0n) is 9.45. The van der Waals surface area contributed by atoms with Crippen molar-refractivity contribution in [2.24, 2.45) is 0 Å². The molecule has 0 heterocycles. The number of hydrogen-bond acceptors (Lipinski definition) is 2. The maximum absolute atomic E-state index is 10.0. The molecule has 0 N–H and O–H groups in total. The van der Waals surface area contributed by atoms with E-state index in [0.717, 1.165) is 23.7 Å². The topological polar surface area (TPSA) is 34.1 Å². The van der Waals surface area contributed by atoms with Crippen molar-refractivity contribution < 1.29 is 9.59 Å². The first-order valence-corrected chi connectivity index (χ1v) is 5.34. The Labute approximate surface area is 101 Å². The summed E-state index contributed by atoms with van der Waals surface area (Å²) in [6, 6.07) is 18.8. The molecular weight excluding hydrogens is 212 g/mol. The van der Waals surface area contributed by atoms with Crippen LogP contribution in [0.15, 0.2) is 60.7 Å². The predicted octanol–water partition coefficient (Wildman–Crippen LogP) is 2.93. The van der Waals surface area contributed by atoms with Crippen LogP contribution in [0.3, 0.4) is 0 Å². The van der Waals surface area contributed by atoms with Crippen LogP contribution in [0, 0.1) is 0 Å². The van der Waals surface area contributed by atoms with Gasteiger partial charge in [-0.25, -0.2) is 0 Å². The highest BCUT2D eigenvalue weighted by molar-refractivity contribution is 5.74. The number of benzene rings is 2. The van der Waals surface area contributed by atoms with Gasteiger partial charge >= 0.3 is 0 Å². The van der Waals surface area contributed by atoms with Crippen molar-refractivity contribution in [1.29, 1.82) is 0 Å². The molecule has 0 amide bonds. The summed E-state index contributed by atoms with van der Waals surface area (Å²) < 4.78 is 0. The number of carbonyl (C=O) groups is 2. The normalized spacial score (nSPS) is 8.71. The first-order valence-electron chi connectivity index (χ1n) is 5.34. The highest BCUT2D eigenvalue weighted by Crippen LogP contribution is 1.96. The third kappa shape index (κ3) is 5.42. The molecule has 0 bridgehead atoms. The lowest BCUT2D eigenvalue weighted by molar-refractivity contribution is -0.107. The summed E-state index contributed by atoms with van der Waals surface area (Å²) in [5, 5.41) is 0. The number of hydrogen-bond donors (Lipinski definition) is 0. The average Bonchev–Trinajstić information content (AvgIpc) is 2.42. The fraction of sp³-hybridized carbons (Fsp3) is 0.0667. The summed E-state index contributed by atoms with van der Waals surface area (Å²) in [5.41, 5.74) is 1.81. The van der Waals surface area contributed by atoms with Gasteiger partial charge in [-0.2, -0.15) is 0 Å². The summed E-state index contributed by atoms with van der Waals surface area (Å²) in [5.74, 6) is 0. The summed E-state index contributed by atoms with van der Waals surface area (Å²) in [6.45, 7) is 0. The van der Waals surface area contributed by atoms with Gasteiger partial charge < -0.3 is 4.79 Å². The monoisotopic (exact) mass is 226 g/mol. The molecule has 0 aromatic heterocycles. The molecular formula is C15H14O2. The molecule has 0 unspecified atom stereocenters. The summed E-state index contributed by atoms with van der Waals surface area (Å²) in [7, 11) is 0. The highest BCUT2D eigenvalue weighted by Gasteiger charge is 1.84. The van der Waals surface area contributed by atoms with E-state index in [0.29, 0.717) is 6.42 Å². The van der Waals surface area contributed by atoms with Crippen LogP contribution in [0.4, 0.5) is 0 Å². The van der Waals surface area contributed by atoms with Crippen LogP contribution in [0.2, 0.25) is 0 Å². The van der Waals surface area contributed by atoms with Crippen molar-refractivity contribution in [3.05, 3.63) is 71.8 Å². The van der Waals surface area contributed by atoms with Crippen molar-refractivity contribution in [2.45, 2.75) is 6.42 Å². The van der Waals surface area contributed by atoms with Gasteiger partial charge in [0, 0.05) is 12.0 Å². The third-order valence-corrected chi connectivity index (χ3v) is 2.10. The molecule has 0 saturated carbocycles. The minimum atomic E-state index is 0.529. The van der Waals surface area contributed by atoms with Crippen LogP contribution >= 0.6 is 0 Å². The molecule has 0 radical (unpaired) electrons. The van der Waals surface area contributed by atoms with E-state index >= 15 is 0 Å². The van der Waals surface area contributed by atoms with Crippen LogP contribution < -0.4 is 0 Å². The lowest BCUT2D eigenvalue weighted by atomic mass is 10.2. The fourth-order valence-corrected chi connectivity index (χ4v) is 1.24. The molecule has 2 aromatic rings. The fourth-order valence-electron chi connectivity index (χ4n) is 1.24. The van der Waals surface area contributed by atoms with E-state index in [4.69, 9.17) is 0 Å². The quantitative estimate of drug-likeness (QED) is 0.754. The Morgan fingerprint density at radius 1 is 0.765 bits per heavy atom. The van der Waals surface area contributed by atoms with Crippen molar-refractivity contribution in [2.75, 3.05) is 0 Å². The zero-order chi connectivity index (χ0) is 12.3. The second-order valence-corrected chi connectivity index (χ2v) is 3.38. The van der Waals surface area contributed by atoms with Crippen molar-refractivity contribution in [3.8, 4) is 0 Å². The van der Waals surface area contributed by atoms with Crippen LogP contribution in [0.25, 0.3) is 0 Å². The van der Waals surface area contributed by atoms with Gasteiger partial charge in [0.1, 0.15) is 12.6 Å². The maximum Gasteiger partial charge on any atom is 0.150 e. The van der Waals surface area contributed by atoms with E-state index in [1.807, 2.05) is 48.5 Å². The van der Waals surface area contributed by atoms with Gasteiger partial charge in [-0.3, -0.25) is 4.79 Å². The zero-order valence-corrected chi connectivity index (χ0v) is 9.45. The third-order valence-electron chi connectivity index (χ3n) is 2.10. The molecule has 0 atom stereocenters. The van der Waals surface area contributed by atoms with Gasteiger partial charge in [0.2, 0.25) is 0 Å². The molecule has 0 fully saturated rings. The van der Waals surface area contributed by atoms with Gasteiger partial charge in [-0.15, -0.1) is 0 Å². The van der Waals surface area contributed by atoms with E-state index in [1.165, 1.54) is 0 Å². The van der Waals surface area contributed by atoms with Crippen molar-refractivity contribution in [3.63, 3.8) is 0 Å². The summed E-state index contributed by atoms with van der Waals surface area (Å²) in [4.78, 5) is 20.0. The molecule has 2 aromatic carbocycles. The minimum Gasteiger partial charge on any atom is -0.303 e. The Morgan fingerprint density at radius 3 is 1.71 bits per heavy atom. The van der Waals surface area contributed by atoms with E-state index in [1.54, 1.807) is 12.1 Å². The van der Waals surface area contributed by atoms with Gasteiger partial charge in [0.15, 0.2) is 0 Å². The van der Waals surface area contributed by atoms with Crippen LogP contribution in [0.1, 0.15) is 15.9 Å². The summed E-state index contributed by atoms with van der Waals surface area (Å²) >= 11 is 0. The average molecular weight is 226 g/mol. The molecule has 86 valence electrons. The van der Waals surface area contributed by atoms with E-state index in [-0.39, 0.29) is 0 Å². The molecule has 17 heavy (non-hydrogen) atoms. The smallest absolute Gasteiger partial charge is 0.150 e. The van der Waals surface area contributed by atoms with Crippen LogP contribution in [0.5, 0.6) is 0 Å². The SMILES string of the molecule is O=CCc1ccccc1.O=Cc1ccccc1. The van der Waals surface area contributed by atoms with Crippen molar-refractivity contribution >= 4 is 12.6 Å². The lowest BCUT2D eigenvalue weighted by Gasteiger charge is -1.89. The van der Waals surface area contributed by atoms with Gasteiger partial charge in [0.05, 0.1) is 0 Å². The molecule has 0 aliphatic heterocycles. The molecule has 0 aliphatic carbocycles. The van der Waals surface area contributed by atoms with Gasteiger partial charge in [-0.1, -0.05) is 60.7 Å². The van der Waals surface area contributed by atoms with Gasteiger partial charge in [-0.05, 0) is 5.56 Å². The largest absolute Gasteiger partial charge is 0.303 e. The van der Waals surface area contributed by atoms with E-state index < -0.39 is 0 Å². The minimum absolute atomic E-state index is 0.529. The Hall–Kier alpha value is -2.22. The Bertz CT molecular complexity index is 435. The molecule has 2 heteroatoms. The highest BCUT2D eigenvalue weighted by atomic mass is 16.1. The van der Waals surface area contributed by atoms with Crippen LogP contribution in [-0.2, 0) is 11.2 Å². The Balaban J connectivity index is 0.000000171. The predicted molar refractivity (Wildman–Crippen MR) is 68.0 cm³/mol. The van der Waals surface area contributed by atoms with E-state index in [9.17, 15) is 9.59 Å². The molecule has 0 aliphatic rings. The standard InChI is InChI=1S/C8H8O.C7H6O/c9-7-6-8-4-2-1-3-5-8;8-6-7-4-2-1-3-5-7/h1-5,7H,6H2;1-6H. The van der Waals surface area contributed by atoms with Gasteiger partial charge in [0.25, 0.3) is 0 Å².